The molecular formula is C11H22O4S. The number of ether oxygens (including phenoxy) is 2. The van der Waals surface area contributed by atoms with Gasteiger partial charge in [-0.05, 0) is 6.42 Å². The Bertz CT molecular complexity index is 175. The molecule has 0 bridgehead atoms. The molecule has 1 unspecified atom stereocenters. The molecule has 0 rings (SSSR count). The van der Waals surface area contributed by atoms with E-state index in [2.05, 4.69) is 11.7 Å². The molecule has 1 atom stereocenters. The SMILES string of the molecule is CCCCOCC(O)CSCCC(=O)OC. The molecular weight excluding hydrogens is 228 g/mol. The zero-order valence-corrected chi connectivity index (χ0v) is 10.9. The van der Waals surface area contributed by atoms with Gasteiger partial charge in [0.1, 0.15) is 0 Å². The van der Waals surface area contributed by atoms with Crippen molar-refractivity contribution in [2.75, 3.05) is 31.8 Å². The average Bonchev–Trinajstić information content (AvgIpc) is 2.30. The fourth-order valence-electron chi connectivity index (χ4n) is 0.991. The van der Waals surface area contributed by atoms with Gasteiger partial charge in [0.2, 0.25) is 0 Å². The van der Waals surface area contributed by atoms with Crippen LogP contribution >= 0.6 is 11.8 Å². The van der Waals surface area contributed by atoms with E-state index in [0.29, 0.717) is 31.1 Å². The van der Waals surface area contributed by atoms with Gasteiger partial charge >= 0.3 is 5.97 Å². The van der Waals surface area contributed by atoms with Gasteiger partial charge in [-0.1, -0.05) is 13.3 Å². The molecule has 0 aromatic heterocycles. The first kappa shape index (κ1) is 15.7. The van der Waals surface area contributed by atoms with Crippen molar-refractivity contribution in [3.05, 3.63) is 0 Å². The lowest BCUT2D eigenvalue weighted by Crippen LogP contribution is -2.18. The van der Waals surface area contributed by atoms with Crippen LogP contribution in [0.5, 0.6) is 0 Å². The van der Waals surface area contributed by atoms with Crippen LogP contribution in [0.3, 0.4) is 0 Å². The zero-order chi connectivity index (χ0) is 12.2. The molecule has 0 spiro atoms. The summed E-state index contributed by atoms with van der Waals surface area (Å²) in [6.45, 7) is 3.19. The van der Waals surface area contributed by atoms with Crippen LogP contribution in [-0.2, 0) is 14.3 Å². The maximum atomic E-state index is 10.8. The quantitative estimate of drug-likeness (QED) is 0.470. The van der Waals surface area contributed by atoms with Crippen molar-refractivity contribution >= 4 is 17.7 Å². The smallest absolute Gasteiger partial charge is 0.306 e. The lowest BCUT2D eigenvalue weighted by Gasteiger charge is -2.10. The minimum Gasteiger partial charge on any atom is -0.469 e. The molecule has 0 radical (unpaired) electrons. The van der Waals surface area contributed by atoms with E-state index in [9.17, 15) is 9.90 Å². The Labute approximate surface area is 102 Å². The predicted molar refractivity (Wildman–Crippen MR) is 65.7 cm³/mol. The number of unbranched alkanes of at least 4 members (excludes halogenated alkanes) is 1. The molecule has 5 heteroatoms. The lowest BCUT2D eigenvalue weighted by molar-refractivity contribution is -0.140. The summed E-state index contributed by atoms with van der Waals surface area (Å²) in [6.07, 6.45) is 2.08. The molecule has 16 heavy (non-hydrogen) atoms. The van der Waals surface area contributed by atoms with Gasteiger partial charge in [0.15, 0.2) is 0 Å². The van der Waals surface area contributed by atoms with Gasteiger partial charge in [0, 0.05) is 18.1 Å². The molecule has 0 aliphatic heterocycles. The van der Waals surface area contributed by atoms with Crippen LogP contribution in [-0.4, -0.2) is 49.0 Å². The Balaban J connectivity index is 3.23. The molecule has 0 aliphatic carbocycles. The van der Waals surface area contributed by atoms with Gasteiger partial charge in [-0.25, -0.2) is 0 Å². The molecule has 96 valence electrons. The topological polar surface area (TPSA) is 55.8 Å². The number of hydrogen-bond donors (Lipinski definition) is 1. The van der Waals surface area contributed by atoms with Gasteiger partial charge in [0.05, 0.1) is 26.2 Å². The van der Waals surface area contributed by atoms with E-state index < -0.39 is 6.10 Å². The summed E-state index contributed by atoms with van der Waals surface area (Å²) in [5, 5.41) is 9.51. The van der Waals surface area contributed by atoms with E-state index in [0.717, 1.165) is 12.8 Å². The van der Waals surface area contributed by atoms with Crippen molar-refractivity contribution in [3.63, 3.8) is 0 Å². The van der Waals surface area contributed by atoms with Gasteiger partial charge in [-0.3, -0.25) is 4.79 Å². The number of thioether (sulfide) groups is 1. The highest BCUT2D eigenvalue weighted by Gasteiger charge is 2.05. The van der Waals surface area contributed by atoms with Crippen molar-refractivity contribution in [1.82, 2.24) is 0 Å². The lowest BCUT2D eigenvalue weighted by atomic mass is 10.3. The first-order chi connectivity index (χ1) is 7.70. The van der Waals surface area contributed by atoms with Crippen LogP contribution in [0.2, 0.25) is 0 Å². The van der Waals surface area contributed by atoms with Crippen LogP contribution in [0, 0.1) is 0 Å². The van der Waals surface area contributed by atoms with Gasteiger partial charge < -0.3 is 14.6 Å². The van der Waals surface area contributed by atoms with E-state index in [-0.39, 0.29) is 5.97 Å². The predicted octanol–water partition coefficient (Wildman–Crippen LogP) is 1.46. The Hall–Kier alpha value is -0.260. The molecule has 0 aromatic rings. The summed E-state index contributed by atoms with van der Waals surface area (Å²) in [7, 11) is 1.38. The number of methoxy groups -OCH3 is 1. The fourth-order valence-corrected chi connectivity index (χ4v) is 1.84. The van der Waals surface area contributed by atoms with Gasteiger partial charge in [-0.15, -0.1) is 0 Å². The molecule has 0 saturated carbocycles. The van der Waals surface area contributed by atoms with Crippen LogP contribution in [0.4, 0.5) is 0 Å². The van der Waals surface area contributed by atoms with Crippen molar-refractivity contribution in [1.29, 1.82) is 0 Å². The third-order valence-corrected chi connectivity index (χ3v) is 3.05. The Kier molecular flexibility index (Phi) is 11.0. The standard InChI is InChI=1S/C11H22O4S/c1-3-4-6-15-8-10(12)9-16-7-5-11(13)14-2/h10,12H,3-9H2,1-2H3. The molecule has 0 saturated heterocycles. The first-order valence-electron chi connectivity index (χ1n) is 5.61. The van der Waals surface area contributed by atoms with Crippen molar-refractivity contribution in [2.45, 2.75) is 32.3 Å². The monoisotopic (exact) mass is 250 g/mol. The zero-order valence-electron chi connectivity index (χ0n) is 10.1. The molecule has 4 nitrogen and oxygen atoms in total. The highest BCUT2D eigenvalue weighted by Crippen LogP contribution is 2.06. The average molecular weight is 250 g/mol. The maximum absolute atomic E-state index is 10.8. The molecule has 0 aliphatic rings. The van der Waals surface area contributed by atoms with E-state index >= 15 is 0 Å². The normalized spacial score (nSPS) is 12.4. The van der Waals surface area contributed by atoms with Crippen LogP contribution in [0.25, 0.3) is 0 Å². The highest BCUT2D eigenvalue weighted by atomic mass is 32.2. The molecule has 0 heterocycles. The highest BCUT2D eigenvalue weighted by molar-refractivity contribution is 7.99. The van der Waals surface area contributed by atoms with Crippen LogP contribution < -0.4 is 0 Å². The summed E-state index contributed by atoms with van der Waals surface area (Å²) in [5.74, 6) is 1.07. The Morgan fingerprint density at radius 1 is 1.50 bits per heavy atom. The summed E-state index contributed by atoms with van der Waals surface area (Å²) in [4.78, 5) is 10.8. The van der Waals surface area contributed by atoms with Gasteiger partial charge in [-0.2, -0.15) is 11.8 Å². The van der Waals surface area contributed by atoms with E-state index in [1.54, 1.807) is 0 Å². The summed E-state index contributed by atoms with van der Waals surface area (Å²) >= 11 is 1.54. The largest absolute Gasteiger partial charge is 0.469 e. The second-order valence-corrected chi connectivity index (χ2v) is 4.63. The first-order valence-corrected chi connectivity index (χ1v) is 6.76. The molecule has 1 N–H and O–H groups in total. The minimum absolute atomic E-state index is 0.207. The molecule has 0 amide bonds. The number of aliphatic hydroxyl groups excluding tert-OH is 1. The number of hydrogen-bond acceptors (Lipinski definition) is 5. The fraction of sp³-hybridized carbons (Fsp3) is 0.909. The van der Waals surface area contributed by atoms with E-state index in [1.807, 2.05) is 0 Å². The van der Waals surface area contributed by atoms with Crippen molar-refractivity contribution in [2.24, 2.45) is 0 Å². The van der Waals surface area contributed by atoms with Crippen molar-refractivity contribution in [3.8, 4) is 0 Å². The van der Waals surface area contributed by atoms with Crippen LogP contribution in [0.15, 0.2) is 0 Å². The third-order valence-electron chi connectivity index (χ3n) is 1.94. The number of carbonyl (C=O) groups excluding carboxylic acids is 1. The second-order valence-electron chi connectivity index (χ2n) is 3.48. The maximum Gasteiger partial charge on any atom is 0.306 e. The Morgan fingerprint density at radius 2 is 2.25 bits per heavy atom. The van der Waals surface area contributed by atoms with Crippen molar-refractivity contribution < 1.29 is 19.4 Å². The Morgan fingerprint density at radius 3 is 2.88 bits per heavy atom. The number of esters is 1. The number of carbonyl (C=O) groups is 1. The molecule has 0 aromatic carbocycles. The number of rotatable bonds is 10. The minimum atomic E-state index is -0.445. The van der Waals surface area contributed by atoms with Crippen LogP contribution in [0.1, 0.15) is 26.2 Å². The molecule has 0 fully saturated rings. The second kappa shape index (κ2) is 11.2. The number of aliphatic hydroxyl groups is 1. The third kappa shape index (κ3) is 10.3. The van der Waals surface area contributed by atoms with Gasteiger partial charge in [0.25, 0.3) is 0 Å². The summed E-state index contributed by atoms with van der Waals surface area (Å²) in [5.41, 5.74) is 0. The summed E-state index contributed by atoms with van der Waals surface area (Å²) in [6, 6.07) is 0. The van der Waals surface area contributed by atoms with E-state index in [4.69, 9.17) is 4.74 Å². The summed E-state index contributed by atoms with van der Waals surface area (Å²) < 4.78 is 9.79. The van der Waals surface area contributed by atoms with E-state index in [1.165, 1.54) is 18.9 Å².